The third-order valence-electron chi connectivity index (χ3n) is 3.78. The number of hydrogen-bond acceptors (Lipinski definition) is 4. The van der Waals surface area contributed by atoms with Gasteiger partial charge >= 0.3 is 0 Å². The van der Waals surface area contributed by atoms with Crippen molar-refractivity contribution in [3.8, 4) is 5.75 Å². The van der Waals surface area contributed by atoms with Gasteiger partial charge < -0.3 is 10.1 Å². The van der Waals surface area contributed by atoms with E-state index in [1.54, 1.807) is 6.21 Å². The molecular weight excluding hydrogens is 266 g/mol. The number of benzene rings is 1. The molecule has 1 fully saturated rings. The van der Waals surface area contributed by atoms with Crippen LogP contribution in [0, 0.1) is 0 Å². The maximum absolute atomic E-state index is 11.8. The predicted molar refractivity (Wildman–Crippen MR) is 82.2 cm³/mol. The molecule has 5 nitrogen and oxygen atoms in total. The van der Waals surface area contributed by atoms with E-state index in [9.17, 15) is 4.79 Å². The first-order valence-corrected chi connectivity index (χ1v) is 7.27. The van der Waals surface area contributed by atoms with Crippen LogP contribution in [0.1, 0.15) is 25.3 Å². The Hall–Kier alpha value is -2.14. The highest BCUT2D eigenvalue weighted by Crippen LogP contribution is 2.28. The van der Waals surface area contributed by atoms with Gasteiger partial charge in [-0.05, 0) is 38.5 Å². The molecule has 3 rings (SSSR count). The second kappa shape index (κ2) is 6.10. The van der Waals surface area contributed by atoms with Gasteiger partial charge in [0.25, 0.3) is 5.91 Å². The van der Waals surface area contributed by atoms with E-state index in [2.05, 4.69) is 15.8 Å². The van der Waals surface area contributed by atoms with Crippen molar-refractivity contribution in [3.63, 3.8) is 0 Å². The van der Waals surface area contributed by atoms with E-state index in [-0.39, 0.29) is 18.1 Å². The molecule has 0 unspecified atom stereocenters. The molecule has 0 radical (unpaired) electrons. The van der Waals surface area contributed by atoms with Crippen molar-refractivity contribution >= 4 is 18.2 Å². The molecule has 5 heteroatoms. The molecule has 0 spiro atoms. The molecule has 2 heterocycles. The topological polar surface area (TPSA) is 62.7 Å². The monoisotopic (exact) mass is 285 g/mol. The van der Waals surface area contributed by atoms with Crippen molar-refractivity contribution in [2.45, 2.75) is 31.9 Å². The van der Waals surface area contributed by atoms with Crippen molar-refractivity contribution in [3.05, 3.63) is 35.4 Å². The molecule has 0 aliphatic carbocycles. The molecule has 0 bridgehead atoms. The van der Waals surface area contributed by atoms with Crippen molar-refractivity contribution < 1.29 is 9.53 Å². The lowest BCUT2D eigenvalue weighted by atomic mass is 10.0. The summed E-state index contributed by atoms with van der Waals surface area (Å²) in [5.41, 5.74) is 4.55. The molecule has 1 saturated heterocycles. The van der Waals surface area contributed by atoms with Crippen LogP contribution in [0.15, 0.2) is 34.9 Å². The normalized spacial score (nSPS) is 24.3. The molecule has 1 amide bonds. The molecule has 21 heavy (non-hydrogen) atoms. The summed E-state index contributed by atoms with van der Waals surface area (Å²) in [5, 5.41) is 7.19. The zero-order valence-corrected chi connectivity index (χ0v) is 12.0. The van der Waals surface area contributed by atoms with Gasteiger partial charge in [0, 0.05) is 11.1 Å². The quantitative estimate of drug-likeness (QED) is 0.656. The lowest BCUT2D eigenvalue weighted by molar-refractivity contribution is -0.122. The molecule has 1 aromatic carbocycles. The van der Waals surface area contributed by atoms with Crippen LogP contribution in [0.4, 0.5) is 0 Å². The maximum Gasteiger partial charge on any atom is 0.257 e. The summed E-state index contributed by atoms with van der Waals surface area (Å²) in [5.74, 6) is 0.801. The zero-order chi connectivity index (χ0) is 14.7. The highest BCUT2D eigenvalue weighted by Gasteiger charge is 2.21. The summed E-state index contributed by atoms with van der Waals surface area (Å²) in [4.78, 5) is 11.8. The number of nitrogens with one attached hydrogen (secondary N) is 2. The summed E-state index contributed by atoms with van der Waals surface area (Å²) in [6.07, 6.45) is 5.52. The standard InChI is InChI=1S/C16H19N3O2/c1-11-13(9-12-5-2-3-7-15(12)21-11)10-18-19-16(20)14-6-4-8-17-14/h2-3,5,7,9-11,14,17H,4,6,8H2,1H3,(H,19,20)/b18-10-/t11-,14-/m0/s1. The van der Waals surface area contributed by atoms with Gasteiger partial charge in [-0.2, -0.15) is 5.10 Å². The minimum Gasteiger partial charge on any atom is -0.485 e. The Morgan fingerprint density at radius 2 is 2.33 bits per heavy atom. The first kappa shape index (κ1) is 13.8. The molecule has 110 valence electrons. The molecule has 0 saturated carbocycles. The van der Waals surface area contributed by atoms with E-state index in [4.69, 9.17) is 4.74 Å². The highest BCUT2D eigenvalue weighted by atomic mass is 16.5. The van der Waals surface area contributed by atoms with Gasteiger partial charge in [0.1, 0.15) is 11.9 Å². The number of rotatable bonds is 3. The summed E-state index contributed by atoms with van der Waals surface area (Å²) in [6, 6.07) is 7.75. The Morgan fingerprint density at radius 3 is 3.14 bits per heavy atom. The van der Waals surface area contributed by atoms with E-state index in [1.807, 2.05) is 37.3 Å². The average Bonchev–Trinajstić information content (AvgIpc) is 3.02. The van der Waals surface area contributed by atoms with Crippen LogP contribution in [0.25, 0.3) is 6.08 Å². The van der Waals surface area contributed by atoms with Crippen LogP contribution in [0.3, 0.4) is 0 Å². The Labute approximate surface area is 124 Å². The van der Waals surface area contributed by atoms with Gasteiger partial charge in [-0.1, -0.05) is 18.2 Å². The summed E-state index contributed by atoms with van der Waals surface area (Å²) < 4.78 is 5.82. The van der Waals surface area contributed by atoms with Gasteiger partial charge in [-0.15, -0.1) is 0 Å². The number of hydrazone groups is 1. The van der Waals surface area contributed by atoms with Gasteiger partial charge in [0.05, 0.1) is 12.3 Å². The summed E-state index contributed by atoms with van der Waals surface area (Å²) >= 11 is 0. The fraction of sp³-hybridized carbons (Fsp3) is 0.375. The number of ether oxygens (including phenoxy) is 1. The first-order valence-electron chi connectivity index (χ1n) is 7.27. The minimum atomic E-state index is -0.114. The third-order valence-corrected chi connectivity index (χ3v) is 3.78. The predicted octanol–water partition coefficient (Wildman–Crippen LogP) is 1.70. The Kier molecular flexibility index (Phi) is 4.01. The van der Waals surface area contributed by atoms with E-state index in [0.717, 1.165) is 36.3 Å². The lowest BCUT2D eigenvalue weighted by Gasteiger charge is -2.22. The number of nitrogens with zero attached hydrogens (tertiary/aromatic N) is 1. The fourth-order valence-electron chi connectivity index (χ4n) is 2.56. The Balaban J connectivity index is 1.65. The van der Waals surface area contributed by atoms with Crippen molar-refractivity contribution in [2.75, 3.05) is 6.54 Å². The number of amides is 1. The Morgan fingerprint density at radius 1 is 1.48 bits per heavy atom. The molecule has 0 aromatic heterocycles. The first-order chi connectivity index (χ1) is 10.2. The van der Waals surface area contributed by atoms with E-state index in [1.165, 1.54) is 0 Å². The van der Waals surface area contributed by atoms with Crippen molar-refractivity contribution in [1.82, 2.24) is 10.7 Å². The largest absolute Gasteiger partial charge is 0.485 e. The fourth-order valence-corrected chi connectivity index (χ4v) is 2.56. The molecule has 2 aliphatic heterocycles. The molecular formula is C16H19N3O2. The molecule has 2 aliphatic rings. The Bertz CT molecular complexity index is 589. The highest BCUT2D eigenvalue weighted by molar-refractivity contribution is 5.90. The van der Waals surface area contributed by atoms with Crippen LogP contribution < -0.4 is 15.5 Å². The number of carbonyl (C=O) groups excluding carboxylic acids is 1. The number of carbonyl (C=O) groups is 1. The zero-order valence-electron chi connectivity index (χ0n) is 12.0. The number of para-hydroxylation sites is 1. The van der Waals surface area contributed by atoms with Crippen LogP contribution in [0.5, 0.6) is 5.75 Å². The van der Waals surface area contributed by atoms with E-state index >= 15 is 0 Å². The molecule has 2 N–H and O–H groups in total. The van der Waals surface area contributed by atoms with Crippen LogP contribution in [0.2, 0.25) is 0 Å². The second-order valence-corrected chi connectivity index (χ2v) is 5.33. The van der Waals surface area contributed by atoms with Crippen LogP contribution in [-0.2, 0) is 4.79 Å². The number of fused-ring (bicyclic) bond motifs is 1. The van der Waals surface area contributed by atoms with Crippen LogP contribution >= 0.6 is 0 Å². The molecule has 2 atom stereocenters. The number of hydrogen-bond donors (Lipinski definition) is 2. The minimum absolute atomic E-state index is 0.0749. The molecule has 1 aromatic rings. The SMILES string of the molecule is C[C@@H]1Oc2ccccc2C=C1/C=N\NC(=O)[C@@H]1CCCN1. The van der Waals surface area contributed by atoms with Crippen molar-refractivity contribution in [1.29, 1.82) is 0 Å². The summed E-state index contributed by atoms with van der Waals surface area (Å²) in [7, 11) is 0. The summed E-state index contributed by atoms with van der Waals surface area (Å²) in [6.45, 7) is 2.86. The van der Waals surface area contributed by atoms with Gasteiger partial charge in [-0.3, -0.25) is 4.79 Å². The van der Waals surface area contributed by atoms with Gasteiger partial charge in [0.2, 0.25) is 0 Å². The second-order valence-electron chi connectivity index (χ2n) is 5.33. The van der Waals surface area contributed by atoms with E-state index < -0.39 is 0 Å². The van der Waals surface area contributed by atoms with E-state index in [0.29, 0.717) is 0 Å². The third kappa shape index (κ3) is 3.13. The van der Waals surface area contributed by atoms with Crippen LogP contribution in [-0.4, -0.2) is 30.8 Å². The van der Waals surface area contributed by atoms with Gasteiger partial charge in [0.15, 0.2) is 0 Å². The lowest BCUT2D eigenvalue weighted by Crippen LogP contribution is -2.38. The maximum atomic E-state index is 11.8. The van der Waals surface area contributed by atoms with Gasteiger partial charge in [-0.25, -0.2) is 5.43 Å². The van der Waals surface area contributed by atoms with Crippen molar-refractivity contribution in [2.24, 2.45) is 5.10 Å². The smallest absolute Gasteiger partial charge is 0.257 e. The average molecular weight is 285 g/mol.